The van der Waals surface area contributed by atoms with Crippen molar-refractivity contribution in [2.45, 2.75) is 25.3 Å². The predicted octanol–water partition coefficient (Wildman–Crippen LogP) is 3.24. The fraction of sp³-hybridized carbons (Fsp3) is 0.318. The molecule has 0 spiro atoms. The minimum Gasteiger partial charge on any atom is -0.493 e. The maximum atomic E-state index is 12.3. The lowest BCUT2D eigenvalue weighted by atomic mass is 9.98. The molecule has 0 aliphatic carbocycles. The zero-order valence-electron chi connectivity index (χ0n) is 17.1. The highest BCUT2D eigenvalue weighted by Crippen LogP contribution is 2.29. The summed E-state index contributed by atoms with van der Waals surface area (Å²) >= 11 is 5.35. The van der Waals surface area contributed by atoms with Crippen molar-refractivity contribution >= 4 is 29.3 Å². The molecule has 1 aliphatic heterocycles. The number of ether oxygens (including phenoxy) is 2. The molecule has 1 aromatic heterocycles. The van der Waals surface area contributed by atoms with Gasteiger partial charge >= 0.3 is 0 Å². The molecule has 1 aromatic carbocycles. The van der Waals surface area contributed by atoms with Crippen LogP contribution in [-0.2, 0) is 4.79 Å². The van der Waals surface area contributed by atoms with Gasteiger partial charge in [0.05, 0.1) is 20.3 Å². The summed E-state index contributed by atoms with van der Waals surface area (Å²) in [5.41, 5.74) is 5.11. The van der Waals surface area contributed by atoms with Crippen LogP contribution in [0.5, 0.6) is 11.5 Å². The minimum atomic E-state index is -0.308. The molecule has 158 valence electrons. The van der Waals surface area contributed by atoms with Crippen molar-refractivity contribution in [3.63, 3.8) is 0 Å². The number of hydrogen-bond acceptors (Lipinski definition) is 6. The van der Waals surface area contributed by atoms with Gasteiger partial charge in [-0.2, -0.15) is 0 Å². The summed E-state index contributed by atoms with van der Waals surface area (Å²) in [6.07, 6.45) is 9.99. The molecule has 2 aromatic rings. The molecule has 1 aliphatic rings. The maximum absolute atomic E-state index is 12.3. The van der Waals surface area contributed by atoms with Gasteiger partial charge in [-0.3, -0.25) is 20.5 Å². The van der Waals surface area contributed by atoms with Crippen LogP contribution in [0.15, 0.2) is 48.8 Å². The number of carbonyl (C=O) groups excluding carboxylic acids is 1. The monoisotopic (exact) mass is 426 g/mol. The SMILES string of the molecule is COc1ccc(/C=C/C(=O)NC(=S)NN2CCCC[C@H]2c2cccnc2)cc1OC. The Bertz CT molecular complexity index is 905. The average Bonchev–Trinajstić information content (AvgIpc) is 2.78. The molecule has 0 radical (unpaired) electrons. The number of hydrogen-bond donors (Lipinski definition) is 2. The Morgan fingerprint density at radius 3 is 2.80 bits per heavy atom. The van der Waals surface area contributed by atoms with E-state index in [1.54, 1.807) is 38.6 Å². The minimum absolute atomic E-state index is 0.171. The molecule has 1 amide bonds. The lowest BCUT2D eigenvalue weighted by Crippen LogP contribution is -2.51. The quantitative estimate of drug-likeness (QED) is 0.542. The van der Waals surface area contributed by atoms with Gasteiger partial charge in [0.2, 0.25) is 5.91 Å². The van der Waals surface area contributed by atoms with Crippen LogP contribution in [-0.4, -0.2) is 41.8 Å². The molecule has 7 nitrogen and oxygen atoms in total. The van der Waals surface area contributed by atoms with E-state index in [0.717, 1.165) is 36.9 Å². The Balaban J connectivity index is 1.57. The van der Waals surface area contributed by atoms with Gasteiger partial charge < -0.3 is 9.47 Å². The van der Waals surface area contributed by atoms with E-state index < -0.39 is 0 Å². The maximum Gasteiger partial charge on any atom is 0.250 e. The zero-order valence-corrected chi connectivity index (χ0v) is 17.9. The molecule has 0 unspecified atom stereocenters. The molecule has 1 saturated heterocycles. The number of methoxy groups -OCH3 is 2. The Morgan fingerprint density at radius 1 is 1.23 bits per heavy atom. The Hall–Kier alpha value is -2.97. The van der Waals surface area contributed by atoms with Crippen molar-refractivity contribution in [1.82, 2.24) is 20.7 Å². The molecular weight excluding hydrogens is 400 g/mol. The third kappa shape index (κ3) is 5.77. The van der Waals surface area contributed by atoms with Gasteiger partial charge in [0.1, 0.15) is 0 Å². The summed E-state index contributed by atoms with van der Waals surface area (Å²) < 4.78 is 10.5. The van der Waals surface area contributed by atoms with E-state index in [2.05, 4.69) is 26.8 Å². The molecule has 8 heteroatoms. The number of benzene rings is 1. The second-order valence-corrected chi connectivity index (χ2v) is 7.28. The molecular formula is C22H26N4O3S. The number of carbonyl (C=O) groups is 1. The van der Waals surface area contributed by atoms with Crippen LogP contribution in [0.4, 0.5) is 0 Å². The lowest BCUT2D eigenvalue weighted by molar-refractivity contribution is -0.115. The summed E-state index contributed by atoms with van der Waals surface area (Å²) in [5, 5.41) is 5.04. The van der Waals surface area contributed by atoms with Crippen molar-refractivity contribution in [2.24, 2.45) is 0 Å². The number of aromatic nitrogens is 1. The number of rotatable bonds is 6. The summed E-state index contributed by atoms with van der Waals surface area (Å²) in [6.45, 7) is 0.844. The third-order valence-electron chi connectivity index (χ3n) is 4.89. The molecule has 3 rings (SSSR count). The Morgan fingerprint density at radius 2 is 2.07 bits per heavy atom. The van der Waals surface area contributed by atoms with Gasteiger partial charge in [-0.25, -0.2) is 5.01 Å². The van der Waals surface area contributed by atoms with Crippen molar-refractivity contribution in [3.05, 3.63) is 59.9 Å². The predicted molar refractivity (Wildman–Crippen MR) is 120 cm³/mol. The highest BCUT2D eigenvalue weighted by Gasteiger charge is 2.24. The van der Waals surface area contributed by atoms with Crippen LogP contribution in [0.25, 0.3) is 6.08 Å². The van der Waals surface area contributed by atoms with E-state index in [1.165, 1.54) is 6.08 Å². The van der Waals surface area contributed by atoms with E-state index in [9.17, 15) is 4.79 Å². The standard InChI is InChI=1S/C22H26N4O3S/c1-28-19-10-8-16(14-20(19)29-2)9-11-21(27)24-22(30)25-26-13-4-3-7-18(26)17-6-5-12-23-15-17/h5-6,8-12,14-15,18H,3-4,7,13H2,1-2H3,(H2,24,25,27,30)/b11-9+/t18-/m0/s1. The van der Waals surface area contributed by atoms with Gasteiger partial charge in [0.25, 0.3) is 0 Å². The number of piperidine rings is 1. The largest absolute Gasteiger partial charge is 0.493 e. The Labute approximate surface area is 182 Å². The number of amides is 1. The fourth-order valence-electron chi connectivity index (χ4n) is 3.43. The Kier molecular flexibility index (Phi) is 7.75. The molecule has 0 bridgehead atoms. The highest BCUT2D eigenvalue weighted by molar-refractivity contribution is 7.80. The van der Waals surface area contributed by atoms with E-state index >= 15 is 0 Å². The number of nitrogens with zero attached hydrogens (tertiary/aromatic N) is 2. The van der Waals surface area contributed by atoms with Crippen LogP contribution in [0.1, 0.15) is 36.4 Å². The third-order valence-corrected chi connectivity index (χ3v) is 5.08. The van der Waals surface area contributed by atoms with Crippen molar-refractivity contribution in [2.75, 3.05) is 20.8 Å². The number of thiocarbonyl (C=S) groups is 1. The van der Waals surface area contributed by atoms with Crippen molar-refractivity contribution in [1.29, 1.82) is 0 Å². The topological polar surface area (TPSA) is 75.7 Å². The van der Waals surface area contributed by atoms with Gasteiger partial charge in [0.15, 0.2) is 16.6 Å². The molecule has 0 saturated carbocycles. The summed E-state index contributed by atoms with van der Waals surface area (Å²) in [6, 6.07) is 9.59. The normalized spacial score (nSPS) is 16.8. The van der Waals surface area contributed by atoms with Gasteiger partial charge in [-0.05, 0) is 60.5 Å². The molecule has 2 N–H and O–H groups in total. The van der Waals surface area contributed by atoms with E-state index in [1.807, 2.05) is 18.3 Å². The van der Waals surface area contributed by atoms with Gasteiger partial charge in [0, 0.05) is 25.0 Å². The van der Waals surface area contributed by atoms with Crippen LogP contribution >= 0.6 is 12.2 Å². The fourth-order valence-corrected chi connectivity index (χ4v) is 3.64. The summed E-state index contributed by atoms with van der Waals surface area (Å²) in [4.78, 5) is 16.5. The average molecular weight is 427 g/mol. The smallest absolute Gasteiger partial charge is 0.250 e. The van der Waals surface area contributed by atoms with Crippen LogP contribution in [0, 0.1) is 0 Å². The van der Waals surface area contributed by atoms with Crippen LogP contribution in [0.2, 0.25) is 0 Å². The second kappa shape index (κ2) is 10.7. The number of nitrogens with one attached hydrogen (secondary N) is 2. The molecule has 1 atom stereocenters. The lowest BCUT2D eigenvalue weighted by Gasteiger charge is -2.36. The van der Waals surface area contributed by atoms with Gasteiger partial charge in [-0.1, -0.05) is 18.6 Å². The zero-order chi connectivity index (χ0) is 21.3. The van der Waals surface area contributed by atoms with E-state index in [-0.39, 0.29) is 17.1 Å². The summed E-state index contributed by atoms with van der Waals surface area (Å²) in [7, 11) is 3.15. The second-order valence-electron chi connectivity index (χ2n) is 6.87. The molecule has 2 heterocycles. The van der Waals surface area contributed by atoms with Crippen molar-refractivity contribution < 1.29 is 14.3 Å². The molecule has 1 fully saturated rings. The first-order chi connectivity index (χ1) is 14.6. The number of pyridine rings is 1. The van der Waals surface area contributed by atoms with E-state index in [0.29, 0.717) is 11.5 Å². The summed E-state index contributed by atoms with van der Waals surface area (Å²) in [5.74, 6) is 0.926. The van der Waals surface area contributed by atoms with Crippen LogP contribution in [0.3, 0.4) is 0 Å². The van der Waals surface area contributed by atoms with Crippen LogP contribution < -0.4 is 20.2 Å². The van der Waals surface area contributed by atoms with Gasteiger partial charge in [-0.15, -0.1) is 0 Å². The number of hydrazine groups is 1. The highest BCUT2D eigenvalue weighted by atomic mass is 32.1. The van der Waals surface area contributed by atoms with E-state index in [4.69, 9.17) is 21.7 Å². The van der Waals surface area contributed by atoms with Crippen molar-refractivity contribution in [3.8, 4) is 11.5 Å². The molecule has 30 heavy (non-hydrogen) atoms. The first kappa shape index (κ1) is 21.7. The first-order valence-electron chi connectivity index (χ1n) is 9.79. The first-order valence-corrected chi connectivity index (χ1v) is 10.2.